The Balaban J connectivity index is 1.89. The minimum absolute atomic E-state index is 0.100. The zero-order valence-electron chi connectivity index (χ0n) is 20.6. The van der Waals surface area contributed by atoms with E-state index in [1.807, 2.05) is 26.8 Å². The number of halogens is 1. The van der Waals surface area contributed by atoms with Crippen molar-refractivity contribution in [3.63, 3.8) is 0 Å². The molecule has 0 saturated heterocycles. The van der Waals surface area contributed by atoms with E-state index in [2.05, 4.69) is 9.88 Å². The molecule has 0 saturated carbocycles. The van der Waals surface area contributed by atoms with Gasteiger partial charge in [0.15, 0.2) is 0 Å². The molecule has 8 nitrogen and oxygen atoms in total. The first-order valence-corrected chi connectivity index (χ1v) is 12.4. The van der Waals surface area contributed by atoms with Gasteiger partial charge in [-0.3, -0.25) is 19.0 Å². The predicted octanol–water partition coefficient (Wildman–Crippen LogP) is 4.31. The van der Waals surface area contributed by atoms with Gasteiger partial charge in [0, 0.05) is 42.2 Å². The number of nitrogens with one attached hydrogen (secondary N) is 1. The molecular weight excluding hydrogens is 480 g/mol. The van der Waals surface area contributed by atoms with E-state index in [1.54, 1.807) is 30.3 Å². The molecule has 188 valence electrons. The molecule has 36 heavy (non-hydrogen) atoms. The van der Waals surface area contributed by atoms with Crippen LogP contribution in [0.25, 0.3) is 17.3 Å². The van der Waals surface area contributed by atoms with Gasteiger partial charge in [0.25, 0.3) is 11.5 Å². The number of carbonyl (C=O) groups is 2. The van der Waals surface area contributed by atoms with Crippen LogP contribution in [-0.2, 0) is 37.3 Å². The maximum absolute atomic E-state index is 13.5. The number of carboxylic acid groups (broad SMARTS) is 1. The van der Waals surface area contributed by atoms with Gasteiger partial charge in [-0.1, -0.05) is 43.2 Å². The molecule has 0 fully saturated rings. The Morgan fingerprint density at radius 1 is 1.11 bits per heavy atom. The molecule has 1 aromatic carbocycles. The van der Waals surface area contributed by atoms with E-state index < -0.39 is 24.0 Å². The number of allylic oxidation sites excluding steroid dienone is 1. The molecule has 4 rings (SSSR count). The van der Waals surface area contributed by atoms with Crippen molar-refractivity contribution >= 4 is 29.6 Å². The zero-order chi connectivity index (χ0) is 26.0. The smallest absolute Gasteiger partial charge is 0.323 e. The molecule has 2 heterocycles. The number of aromatic nitrogens is 3. The van der Waals surface area contributed by atoms with Crippen LogP contribution in [0.4, 0.5) is 0 Å². The van der Waals surface area contributed by atoms with Crippen LogP contribution in [0, 0.1) is 0 Å². The average molecular weight is 509 g/mol. The van der Waals surface area contributed by atoms with Gasteiger partial charge >= 0.3 is 5.97 Å². The summed E-state index contributed by atoms with van der Waals surface area (Å²) >= 11 is 5.94. The number of imidazole rings is 1. The van der Waals surface area contributed by atoms with Crippen molar-refractivity contribution < 1.29 is 14.7 Å². The molecule has 0 aliphatic heterocycles. The number of pyridine rings is 1. The van der Waals surface area contributed by atoms with Crippen molar-refractivity contribution in [1.29, 1.82) is 0 Å². The SMILES string of the molecule is CCC1=Cc2nc(CC)n(CC)c2-c2cc(C(=O)NCc3ccc(Cl)cc3)c(=O)n(CC(=O)O)c2C1. The highest BCUT2D eigenvalue weighted by molar-refractivity contribution is 6.30. The zero-order valence-corrected chi connectivity index (χ0v) is 21.4. The summed E-state index contributed by atoms with van der Waals surface area (Å²) in [4.78, 5) is 43.3. The first-order valence-electron chi connectivity index (χ1n) is 12.1. The fourth-order valence-corrected chi connectivity index (χ4v) is 4.77. The average Bonchev–Trinajstić information content (AvgIpc) is 3.13. The summed E-state index contributed by atoms with van der Waals surface area (Å²) in [6, 6.07) is 8.63. The van der Waals surface area contributed by atoms with Gasteiger partial charge in [0.05, 0.1) is 11.4 Å². The largest absolute Gasteiger partial charge is 0.480 e. The second kappa shape index (κ2) is 10.5. The van der Waals surface area contributed by atoms with Crippen LogP contribution >= 0.6 is 11.6 Å². The van der Waals surface area contributed by atoms with E-state index in [9.17, 15) is 19.5 Å². The van der Waals surface area contributed by atoms with Gasteiger partial charge in [-0.2, -0.15) is 0 Å². The van der Waals surface area contributed by atoms with Crippen LogP contribution in [0.15, 0.2) is 40.7 Å². The lowest BCUT2D eigenvalue weighted by molar-refractivity contribution is -0.137. The summed E-state index contributed by atoms with van der Waals surface area (Å²) in [7, 11) is 0. The molecule has 2 aromatic heterocycles. The molecule has 3 aromatic rings. The third-order valence-corrected chi connectivity index (χ3v) is 6.71. The summed E-state index contributed by atoms with van der Waals surface area (Å²) in [6.45, 7) is 6.38. The third-order valence-electron chi connectivity index (χ3n) is 6.46. The molecule has 1 amide bonds. The molecule has 0 bridgehead atoms. The molecule has 1 aliphatic carbocycles. The lowest BCUT2D eigenvalue weighted by Crippen LogP contribution is -2.36. The highest BCUT2D eigenvalue weighted by atomic mass is 35.5. The summed E-state index contributed by atoms with van der Waals surface area (Å²) in [6.07, 6.45) is 3.87. The molecule has 0 radical (unpaired) electrons. The normalized spacial score (nSPS) is 12.4. The summed E-state index contributed by atoms with van der Waals surface area (Å²) in [5.41, 5.74) is 3.97. The van der Waals surface area contributed by atoms with E-state index in [4.69, 9.17) is 16.6 Å². The van der Waals surface area contributed by atoms with Gasteiger partial charge in [-0.05, 0) is 43.2 Å². The topological polar surface area (TPSA) is 106 Å². The highest BCUT2D eigenvalue weighted by Gasteiger charge is 2.28. The van der Waals surface area contributed by atoms with E-state index in [0.717, 1.165) is 34.8 Å². The lowest BCUT2D eigenvalue weighted by Gasteiger charge is -2.19. The number of nitrogens with zero attached hydrogens (tertiary/aromatic N) is 3. The van der Waals surface area contributed by atoms with Crippen molar-refractivity contribution in [2.75, 3.05) is 0 Å². The molecule has 1 aliphatic rings. The van der Waals surface area contributed by atoms with Crippen molar-refractivity contribution in [1.82, 2.24) is 19.4 Å². The number of carboxylic acids is 1. The Bertz CT molecular complexity index is 1420. The maximum atomic E-state index is 13.5. The molecule has 2 N–H and O–H groups in total. The molecule has 0 atom stereocenters. The van der Waals surface area contributed by atoms with Crippen LogP contribution in [0.5, 0.6) is 0 Å². The minimum Gasteiger partial charge on any atom is -0.480 e. The summed E-state index contributed by atoms with van der Waals surface area (Å²) in [5, 5.41) is 13.0. The predicted molar refractivity (Wildman–Crippen MR) is 139 cm³/mol. The number of carbonyl (C=O) groups excluding carboxylic acids is 1. The molecule has 0 spiro atoms. The number of hydrogen-bond acceptors (Lipinski definition) is 4. The van der Waals surface area contributed by atoms with Crippen molar-refractivity contribution in [2.24, 2.45) is 0 Å². The van der Waals surface area contributed by atoms with E-state index >= 15 is 0 Å². The van der Waals surface area contributed by atoms with Gasteiger partial charge < -0.3 is 15.0 Å². The van der Waals surface area contributed by atoms with Crippen molar-refractivity contribution in [2.45, 2.75) is 59.7 Å². The van der Waals surface area contributed by atoms with Crippen LogP contribution in [-0.4, -0.2) is 31.1 Å². The van der Waals surface area contributed by atoms with Crippen LogP contribution in [0.2, 0.25) is 5.02 Å². The number of fused-ring (bicyclic) bond motifs is 3. The Morgan fingerprint density at radius 2 is 1.83 bits per heavy atom. The standard InChI is InChI=1S/C27H29ClN4O4/c1-4-16-11-21-25(31(6-3)23(5-2)30-21)19-13-20(27(36)32(15-24(33)34)22(19)12-16)26(35)29-14-17-7-9-18(28)10-8-17/h7-11,13H,4-6,12,14-15H2,1-3H3,(H,29,35)(H,33,34). The fourth-order valence-electron chi connectivity index (χ4n) is 4.64. The lowest BCUT2D eigenvalue weighted by atomic mass is 10.0. The van der Waals surface area contributed by atoms with Crippen molar-refractivity contribution in [3.05, 3.63) is 79.6 Å². The fraction of sp³-hybridized carbons (Fsp3) is 0.333. The number of aryl methyl sites for hydroxylation is 1. The first-order chi connectivity index (χ1) is 17.3. The Hall–Kier alpha value is -3.65. The number of hydrogen-bond donors (Lipinski definition) is 2. The van der Waals surface area contributed by atoms with Crippen LogP contribution < -0.4 is 10.9 Å². The summed E-state index contributed by atoms with van der Waals surface area (Å²) in [5.74, 6) is -0.820. The number of rotatable bonds is 8. The quantitative estimate of drug-likeness (QED) is 0.471. The first kappa shape index (κ1) is 25.4. The Morgan fingerprint density at radius 3 is 2.44 bits per heavy atom. The Kier molecular flexibility index (Phi) is 7.45. The van der Waals surface area contributed by atoms with E-state index in [1.165, 1.54) is 4.57 Å². The van der Waals surface area contributed by atoms with E-state index in [-0.39, 0.29) is 12.1 Å². The number of aliphatic carboxylic acids is 1. The molecule has 0 unspecified atom stereocenters. The maximum Gasteiger partial charge on any atom is 0.323 e. The minimum atomic E-state index is -1.15. The van der Waals surface area contributed by atoms with Crippen molar-refractivity contribution in [3.8, 4) is 11.3 Å². The van der Waals surface area contributed by atoms with Gasteiger partial charge in [-0.15, -0.1) is 0 Å². The van der Waals surface area contributed by atoms with E-state index in [0.29, 0.717) is 35.7 Å². The Labute approximate surface area is 214 Å². The number of benzene rings is 1. The second-order valence-corrected chi connectivity index (χ2v) is 9.14. The molecule has 9 heteroatoms. The molecular formula is C27H29ClN4O4. The van der Waals surface area contributed by atoms with Gasteiger partial charge in [-0.25, -0.2) is 4.98 Å². The van der Waals surface area contributed by atoms with Gasteiger partial charge in [0.2, 0.25) is 0 Å². The summed E-state index contributed by atoms with van der Waals surface area (Å²) < 4.78 is 3.31. The van der Waals surface area contributed by atoms with Crippen LogP contribution in [0.1, 0.15) is 60.3 Å². The third kappa shape index (κ3) is 4.86. The number of amides is 1. The van der Waals surface area contributed by atoms with Gasteiger partial charge in [0.1, 0.15) is 17.9 Å². The van der Waals surface area contributed by atoms with Crippen LogP contribution in [0.3, 0.4) is 0 Å². The monoisotopic (exact) mass is 508 g/mol. The second-order valence-electron chi connectivity index (χ2n) is 8.71. The highest BCUT2D eigenvalue weighted by Crippen LogP contribution is 2.35.